The van der Waals surface area contributed by atoms with E-state index in [4.69, 9.17) is 14.2 Å². The van der Waals surface area contributed by atoms with Gasteiger partial charge < -0.3 is 14.2 Å². The van der Waals surface area contributed by atoms with E-state index in [0.717, 1.165) is 52.2 Å². The fourth-order valence-electron chi connectivity index (χ4n) is 3.93. The number of rotatable bonds is 12. The summed E-state index contributed by atoms with van der Waals surface area (Å²) in [6.45, 7) is 11.1. The summed E-state index contributed by atoms with van der Waals surface area (Å²) in [5.74, 6) is 1.47. The van der Waals surface area contributed by atoms with Crippen molar-refractivity contribution in [3.8, 4) is 11.5 Å². The van der Waals surface area contributed by atoms with Crippen molar-refractivity contribution in [1.29, 1.82) is 0 Å². The Balaban J connectivity index is 1.59. The molecular formula is C31H36O4. The molecule has 0 amide bonds. The molecule has 4 nitrogen and oxygen atoms in total. The molecule has 1 unspecified atom stereocenters. The number of carbonyl (C=O) groups is 1. The molecule has 0 fully saturated rings. The van der Waals surface area contributed by atoms with E-state index < -0.39 is 0 Å². The van der Waals surface area contributed by atoms with Gasteiger partial charge in [0.1, 0.15) is 11.5 Å². The smallest absolute Gasteiger partial charge is 0.305 e. The summed E-state index contributed by atoms with van der Waals surface area (Å²) < 4.78 is 17.1. The van der Waals surface area contributed by atoms with Gasteiger partial charge in [-0.25, -0.2) is 0 Å². The van der Waals surface area contributed by atoms with Crippen molar-refractivity contribution in [2.45, 2.75) is 52.6 Å². The predicted octanol–water partition coefficient (Wildman–Crippen LogP) is 6.96. The molecule has 0 aliphatic carbocycles. The van der Waals surface area contributed by atoms with Crippen LogP contribution in [0.5, 0.6) is 11.5 Å². The van der Waals surface area contributed by atoms with Crippen LogP contribution in [0.15, 0.2) is 73.3 Å². The number of methoxy groups -OCH3 is 1. The molecule has 3 rings (SSSR count). The van der Waals surface area contributed by atoms with Crippen LogP contribution in [-0.2, 0) is 22.4 Å². The minimum absolute atomic E-state index is 0.0229. The summed E-state index contributed by atoms with van der Waals surface area (Å²) in [5, 5.41) is 0. The highest BCUT2D eigenvalue weighted by Gasteiger charge is 2.14. The summed E-state index contributed by atoms with van der Waals surface area (Å²) in [4.78, 5) is 11.4. The van der Waals surface area contributed by atoms with E-state index in [-0.39, 0.29) is 12.1 Å². The van der Waals surface area contributed by atoms with Crippen molar-refractivity contribution in [3.05, 3.63) is 101 Å². The molecule has 184 valence electrons. The Morgan fingerprint density at radius 3 is 2.49 bits per heavy atom. The van der Waals surface area contributed by atoms with Gasteiger partial charge in [0.05, 0.1) is 19.8 Å². The van der Waals surface area contributed by atoms with E-state index in [2.05, 4.69) is 50.8 Å². The van der Waals surface area contributed by atoms with Crippen LogP contribution in [0, 0.1) is 6.92 Å². The largest absolute Gasteiger partial charge is 0.493 e. The van der Waals surface area contributed by atoms with E-state index in [1.54, 1.807) is 0 Å². The fourth-order valence-corrected chi connectivity index (χ4v) is 3.93. The average Bonchev–Trinajstić information content (AvgIpc) is 2.88. The van der Waals surface area contributed by atoms with Crippen molar-refractivity contribution in [1.82, 2.24) is 0 Å². The molecule has 0 saturated carbocycles. The highest BCUT2D eigenvalue weighted by Crippen LogP contribution is 2.32. The zero-order valence-corrected chi connectivity index (χ0v) is 21.3. The lowest BCUT2D eigenvalue weighted by Gasteiger charge is -2.20. The van der Waals surface area contributed by atoms with Crippen molar-refractivity contribution in [3.63, 3.8) is 0 Å². The molecule has 1 atom stereocenters. The van der Waals surface area contributed by atoms with Gasteiger partial charge in [-0.1, -0.05) is 56.0 Å². The molecule has 0 aliphatic heterocycles. The van der Waals surface area contributed by atoms with Crippen LogP contribution in [0.4, 0.5) is 0 Å². The molecule has 0 radical (unpaired) electrons. The lowest BCUT2D eigenvalue weighted by molar-refractivity contribution is -0.140. The Morgan fingerprint density at radius 1 is 1.03 bits per heavy atom. The topological polar surface area (TPSA) is 44.8 Å². The van der Waals surface area contributed by atoms with Gasteiger partial charge in [0, 0.05) is 18.4 Å². The van der Waals surface area contributed by atoms with Crippen molar-refractivity contribution in [2.24, 2.45) is 0 Å². The Labute approximate surface area is 209 Å². The third-order valence-electron chi connectivity index (χ3n) is 6.16. The molecule has 0 aliphatic rings. The van der Waals surface area contributed by atoms with Gasteiger partial charge in [0.2, 0.25) is 0 Å². The van der Waals surface area contributed by atoms with Crippen LogP contribution in [0.3, 0.4) is 0 Å². The molecule has 0 saturated heterocycles. The van der Waals surface area contributed by atoms with E-state index in [1.165, 1.54) is 12.7 Å². The van der Waals surface area contributed by atoms with Gasteiger partial charge in [-0.3, -0.25) is 4.79 Å². The molecular weight excluding hydrogens is 436 g/mol. The zero-order valence-electron chi connectivity index (χ0n) is 21.3. The second kappa shape index (κ2) is 12.8. The molecule has 3 aromatic rings. The van der Waals surface area contributed by atoms with Crippen molar-refractivity contribution in [2.75, 3.05) is 13.7 Å². The average molecular weight is 473 g/mol. The third kappa shape index (κ3) is 7.48. The standard InChI is InChI=1S/C31H36O4/c1-6-25-12-16-30(29(21-25)24(4)27-10-8-7-9-11-27)35-23(3)18-19-34-28-15-13-26(22(2)20-28)14-17-31(32)33-5/h7-13,15-16,20-21,23H,4,6,14,17-19H2,1-3,5H3. The lowest BCUT2D eigenvalue weighted by atomic mass is 9.96. The molecule has 0 aromatic heterocycles. The first-order valence-corrected chi connectivity index (χ1v) is 12.2. The Kier molecular flexibility index (Phi) is 9.54. The highest BCUT2D eigenvalue weighted by molar-refractivity contribution is 5.81. The lowest BCUT2D eigenvalue weighted by Crippen LogP contribution is -2.16. The summed E-state index contributed by atoms with van der Waals surface area (Å²) in [5.41, 5.74) is 6.57. The summed E-state index contributed by atoms with van der Waals surface area (Å²) >= 11 is 0. The first-order chi connectivity index (χ1) is 16.9. The quantitative estimate of drug-likeness (QED) is 0.267. The second-order valence-electron chi connectivity index (χ2n) is 8.76. The van der Waals surface area contributed by atoms with Crippen LogP contribution in [0.2, 0.25) is 0 Å². The highest BCUT2D eigenvalue weighted by atomic mass is 16.5. The zero-order chi connectivity index (χ0) is 25.2. The Hall–Kier alpha value is -3.53. The van der Waals surface area contributed by atoms with E-state index >= 15 is 0 Å². The maximum Gasteiger partial charge on any atom is 0.305 e. The maximum absolute atomic E-state index is 11.4. The second-order valence-corrected chi connectivity index (χ2v) is 8.76. The number of ether oxygens (including phenoxy) is 3. The van der Waals surface area contributed by atoms with Gasteiger partial charge in [-0.05, 0) is 78.8 Å². The predicted molar refractivity (Wildman–Crippen MR) is 142 cm³/mol. The maximum atomic E-state index is 11.4. The van der Waals surface area contributed by atoms with Crippen LogP contribution < -0.4 is 9.47 Å². The van der Waals surface area contributed by atoms with Crippen molar-refractivity contribution < 1.29 is 19.0 Å². The molecule has 4 heteroatoms. The van der Waals surface area contributed by atoms with E-state index in [1.807, 2.05) is 43.3 Å². The molecule has 3 aromatic carbocycles. The molecule has 0 N–H and O–H groups in total. The molecule has 0 bridgehead atoms. The van der Waals surface area contributed by atoms with Crippen LogP contribution >= 0.6 is 0 Å². The number of esters is 1. The fraction of sp³-hybridized carbons (Fsp3) is 0.323. The Morgan fingerprint density at radius 2 is 1.80 bits per heavy atom. The minimum atomic E-state index is -0.196. The Bertz CT molecular complexity index is 1130. The molecule has 35 heavy (non-hydrogen) atoms. The van der Waals surface area contributed by atoms with E-state index in [9.17, 15) is 4.79 Å². The van der Waals surface area contributed by atoms with Crippen LogP contribution in [0.1, 0.15) is 54.5 Å². The number of aryl methyl sites for hydroxylation is 3. The van der Waals surface area contributed by atoms with E-state index in [0.29, 0.717) is 19.4 Å². The van der Waals surface area contributed by atoms with Crippen LogP contribution in [-0.4, -0.2) is 25.8 Å². The monoisotopic (exact) mass is 472 g/mol. The third-order valence-corrected chi connectivity index (χ3v) is 6.16. The SMILES string of the molecule is C=C(c1ccccc1)c1cc(CC)ccc1OC(C)CCOc1ccc(CCC(=O)OC)c(C)c1. The number of hydrogen-bond donors (Lipinski definition) is 0. The summed E-state index contributed by atoms with van der Waals surface area (Å²) in [6, 6.07) is 22.5. The van der Waals surface area contributed by atoms with Crippen molar-refractivity contribution >= 4 is 11.5 Å². The van der Waals surface area contributed by atoms with Gasteiger partial charge in [-0.15, -0.1) is 0 Å². The number of hydrogen-bond acceptors (Lipinski definition) is 4. The normalized spacial score (nSPS) is 11.5. The minimum Gasteiger partial charge on any atom is -0.493 e. The van der Waals surface area contributed by atoms with Gasteiger partial charge in [0.25, 0.3) is 0 Å². The summed E-state index contributed by atoms with van der Waals surface area (Å²) in [7, 11) is 1.41. The van der Waals surface area contributed by atoms with Gasteiger partial charge in [-0.2, -0.15) is 0 Å². The van der Waals surface area contributed by atoms with Gasteiger partial charge in [0.15, 0.2) is 0 Å². The van der Waals surface area contributed by atoms with Gasteiger partial charge >= 0.3 is 5.97 Å². The summed E-state index contributed by atoms with van der Waals surface area (Å²) in [6.07, 6.45) is 2.72. The first kappa shape index (κ1) is 26.1. The van der Waals surface area contributed by atoms with Crippen LogP contribution in [0.25, 0.3) is 5.57 Å². The number of carbonyl (C=O) groups excluding carboxylic acids is 1. The molecule has 0 heterocycles. The number of benzene rings is 3. The first-order valence-electron chi connectivity index (χ1n) is 12.2. The molecule has 0 spiro atoms.